The number of aryl methyl sites for hydroxylation is 1. The van der Waals surface area contributed by atoms with Crippen molar-refractivity contribution >= 4 is 15.8 Å². The van der Waals surface area contributed by atoms with Gasteiger partial charge in [0.1, 0.15) is 11.5 Å². The Kier molecular flexibility index (Phi) is 7.73. The number of sulfonamides is 1. The maximum absolute atomic E-state index is 12.8. The molecule has 1 aromatic carbocycles. The molecule has 0 fully saturated rings. The van der Waals surface area contributed by atoms with E-state index in [4.69, 9.17) is 10.7 Å². The second-order valence-corrected chi connectivity index (χ2v) is 10.3. The van der Waals surface area contributed by atoms with Crippen molar-refractivity contribution < 1.29 is 13.5 Å². The minimum atomic E-state index is -3.76. The molecule has 10 nitrogen and oxygen atoms in total. The van der Waals surface area contributed by atoms with E-state index in [1.54, 1.807) is 41.5 Å². The topological polar surface area (TPSA) is 149 Å². The molecule has 11 heteroatoms. The molecule has 3 aromatic heterocycles. The minimum Gasteiger partial charge on any atom is -0.393 e. The number of aliphatic hydroxyl groups is 1. The van der Waals surface area contributed by atoms with Crippen LogP contribution in [-0.4, -0.2) is 50.9 Å². The number of hydrogen-bond acceptors (Lipinski definition) is 8. The Labute approximate surface area is 210 Å². The molecule has 0 bridgehead atoms. The number of nitrogen functional groups attached to an aromatic ring is 1. The van der Waals surface area contributed by atoms with Gasteiger partial charge < -0.3 is 10.8 Å². The summed E-state index contributed by atoms with van der Waals surface area (Å²) in [4.78, 5) is 13.2. The number of anilines is 1. The Morgan fingerprint density at radius 3 is 2.69 bits per heavy atom. The normalized spacial score (nSPS) is 12.5. The largest absolute Gasteiger partial charge is 0.393 e. The number of pyridine rings is 1. The fourth-order valence-corrected chi connectivity index (χ4v) is 4.75. The van der Waals surface area contributed by atoms with Crippen LogP contribution in [0.3, 0.4) is 0 Å². The van der Waals surface area contributed by atoms with Gasteiger partial charge in [-0.3, -0.25) is 9.67 Å². The minimum absolute atomic E-state index is 0.111. The first-order chi connectivity index (χ1) is 17.3. The lowest BCUT2D eigenvalue weighted by molar-refractivity contribution is 0.162. The van der Waals surface area contributed by atoms with Gasteiger partial charge in [0.05, 0.1) is 35.6 Å². The summed E-state index contributed by atoms with van der Waals surface area (Å²) < 4.78 is 30.0. The first kappa shape index (κ1) is 25.4. The molecule has 1 atom stereocenters. The zero-order valence-corrected chi connectivity index (χ0v) is 21.0. The average molecular weight is 508 g/mol. The molecule has 0 saturated heterocycles. The third kappa shape index (κ3) is 5.93. The van der Waals surface area contributed by atoms with Gasteiger partial charge in [0, 0.05) is 36.3 Å². The molecule has 1 unspecified atom stereocenters. The molecular formula is C25H29N7O3S. The number of nitrogens with two attached hydrogens (primary N) is 1. The lowest BCUT2D eigenvalue weighted by Crippen LogP contribution is -2.27. The summed E-state index contributed by atoms with van der Waals surface area (Å²) in [5.41, 5.74) is 10.3. The van der Waals surface area contributed by atoms with Crippen molar-refractivity contribution in [3.05, 3.63) is 72.4 Å². The fourth-order valence-electron chi connectivity index (χ4n) is 3.68. The second-order valence-electron chi connectivity index (χ2n) is 8.50. The first-order valence-electron chi connectivity index (χ1n) is 11.6. The van der Waals surface area contributed by atoms with E-state index in [1.807, 2.05) is 32.2 Å². The van der Waals surface area contributed by atoms with Gasteiger partial charge in [-0.2, -0.15) is 5.10 Å². The van der Waals surface area contributed by atoms with Crippen molar-refractivity contribution in [2.24, 2.45) is 0 Å². The van der Waals surface area contributed by atoms with Gasteiger partial charge in [0.2, 0.25) is 10.0 Å². The molecule has 0 saturated carbocycles. The summed E-state index contributed by atoms with van der Waals surface area (Å²) in [7, 11) is -3.76. The lowest BCUT2D eigenvalue weighted by atomic mass is 10.1. The second kappa shape index (κ2) is 10.9. The number of rotatable bonds is 10. The fraction of sp³-hybridized carbons (Fsp3) is 0.280. The first-order valence-corrected chi connectivity index (χ1v) is 13.1. The molecule has 4 aromatic rings. The molecule has 0 aliphatic rings. The third-order valence-corrected chi connectivity index (χ3v) is 7.30. The SMILES string of the molecule is CCC(O)CCNS(=O)(=O)c1ccc(C)c(-c2cnc(N)c(-c3cnn(Cc4ccncc4)c3)n2)c1. The Bertz CT molecular complexity index is 1440. The van der Waals surface area contributed by atoms with Crippen LogP contribution in [0, 0.1) is 6.92 Å². The van der Waals surface area contributed by atoms with E-state index in [9.17, 15) is 13.5 Å². The zero-order valence-electron chi connectivity index (χ0n) is 20.2. The van der Waals surface area contributed by atoms with Crippen LogP contribution >= 0.6 is 0 Å². The van der Waals surface area contributed by atoms with Gasteiger partial charge in [0.25, 0.3) is 0 Å². The molecule has 4 rings (SSSR count). The van der Waals surface area contributed by atoms with Crippen LogP contribution in [-0.2, 0) is 16.6 Å². The van der Waals surface area contributed by atoms with E-state index in [-0.39, 0.29) is 17.3 Å². The number of hydrogen-bond donors (Lipinski definition) is 3. The number of nitrogens with zero attached hydrogens (tertiary/aromatic N) is 5. The van der Waals surface area contributed by atoms with Crippen LogP contribution < -0.4 is 10.5 Å². The van der Waals surface area contributed by atoms with Crippen molar-refractivity contribution in [3.63, 3.8) is 0 Å². The Hall–Kier alpha value is -3.67. The van der Waals surface area contributed by atoms with E-state index in [1.165, 1.54) is 6.20 Å². The number of aromatic nitrogens is 5. The molecule has 0 radical (unpaired) electrons. The van der Waals surface area contributed by atoms with Gasteiger partial charge in [-0.05, 0) is 55.2 Å². The Morgan fingerprint density at radius 1 is 1.17 bits per heavy atom. The molecular weight excluding hydrogens is 478 g/mol. The highest BCUT2D eigenvalue weighted by Gasteiger charge is 2.18. The summed E-state index contributed by atoms with van der Waals surface area (Å²) in [5.74, 6) is 0.250. The van der Waals surface area contributed by atoms with Gasteiger partial charge in [-0.1, -0.05) is 13.0 Å². The molecule has 36 heavy (non-hydrogen) atoms. The summed E-state index contributed by atoms with van der Waals surface area (Å²) in [6, 6.07) is 8.69. The van der Waals surface area contributed by atoms with Crippen LogP contribution in [0.1, 0.15) is 30.9 Å². The highest BCUT2D eigenvalue weighted by molar-refractivity contribution is 7.89. The van der Waals surface area contributed by atoms with E-state index in [0.29, 0.717) is 41.9 Å². The predicted molar refractivity (Wildman–Crippen MR) is 137 cm³/mol. The van der Waals surface area contributed by atoms with Gasteiger partial charge >= 0.3 is 0 Å². The smallest absolute Gasteiger partial charge is 0.240 e. The molecule has 0 amide bonds. The highest BCUT2D eigenvalue weighted by atomic mass is 32.2. The van der Waals surface area contributed by atoms with E-state index in [0.717, 1.165) is 11.1 Å². The van der Waals surface area contributed by atoms with Gasteiger partial charge in [0.15, 0.2) is 0 Å². The molecule has 0 spiro atoms. The summed E-state index contributed by atoms with van der Waals surface area (Å²) in [6.07, 6.45) is 8.87. The van der Waals surface area contributed by atoms with E-state index < -0.39 is 16.1 Å². The third-order valence-electron chi connectivity index (χ3n) is 5.84. The number of nitrogens with one attached hydrogen (secondary N) is 1. The maximum atomic E-state index is 12.8. The predicted octanol–water partition coefficient (Wildman–Crippen LogP) is 2.78. The molecule has 0 aliphatic heterocycles. The average Bonchev–Trinajstić information content (AvgIpc) is 3.33. The van der Waals surface area contributed by atoms with Crippen LogP contribution in [0.15, 0.2) is 66.2 Å². The quantitative estimate of drug-likeness (QED) is 0.297. The molecule has 0 aliphatic carbocycles. The molecule has 188 valence electrons. The van der Waals surface area contributed by atoms with Crippen molar-refractivity contribution in [3.8, 4) is 22.5 Å². The zero-order chi connectivity index (χ0) is 25.7. The number of aliphatic hydroxyl groups excluding tert-OH is 1. The van der Waals surface area contributed by atoms with E-state index in [2.05, 4.69) is 19.8 Å². The summed E-state index contributed by atoms with van der Waals surface area (Å²) in [6.45, 7) is 4.44. The van der Waals surface area contributed by atoms with Gasteiger partial charge in [-0.25, -0.2) is 23.1 Å². The summed E-state index contributed by atoms with van der Waals surface area (Å²) in [5, 5.41) is 14.1. The monoisotopic (exact) mass is 507 g/mol. The van der Waals surface area contributed by atoms with Crippen molar-refractivity contribution in [2.45, 2.75) is 44.2 Å². The Morgan fingerprint density at radius 2 is 1.94 bits per heavy atom. The maximum Gasteiger partial charge on any atom is 0.240 e. The van der Waals surface area contributed by atoms with Crippen molar-refractivity contribution in [1.82, 2.24) is 29.5 Å². The Balaban J connectivity index is 1.61. The molecule has 4 N–H and O–H groups in total. The van der Waals surface area contributed by atoms with Crippen LogP contribution in [0.4, 0.5) is 5.82 Å². The standard InChI is InChI=1S/C25H29N7O3S/c1-3-20(33)8-11-30-36(34,35)21-5-4-17(2)22(12-21)23-14-28-25(26)24(31-23)19-13-29-32(16-19)15-18-6-9-27-10-7-18/h4-7,9-10,12-14,16,20,30,33H,3,8,11,15H2,1-2H3,(H2,26,28). The van der Waals surface area contributed by atoms with Crippen molar-refractivity contribution in [1.29, 1.82) is 0 Å². The summed E-state index contributed by atoms with van der Waals surface area (Å²) >= 11 is 0. The molecule has 3 heterocycles. The number of benzene rings is 1. The lowest BCUT2D eigenvalue weighted by Gasteiger charge is -2.12. The van der Waals surface area contributed by atoms with Crippen LogP contribution in [0.2, 0.25) is 0 Å². The highest BCUT2D eigenvalue weighted by Crippen LogP contribution is 2.29. The van der Waals surface area contributed by atoms with Crippen LogP contribution in [0.5, 0.6) is 0 Å². The van der Waals surface area contributed by atoms with Crippen molar-refractivity contribution in [2.75, 3.05) is 12.3 Å². The van der Waals surface area contributed by atoms with Gasteiger partial charge in [-0.15, -0.1) is 0 Å². The van der Waals surface area contributed by atoms with E-state index >= 15 is 0 Å². The van der Waals surface area contributed by atoms with Crippen LogP contribution in [0.25, 0.3) is 22.5 Å².